The number of nitrogens with zero attached hydrogens (tertiary/aromatic N) is 4. The van der Waals surface area contributed by atoms with Crippen LogP contribution >= 0.6 is 0 Å². The molecule has 3 heterocycles. The fourth-order valence-electron chi connectivity index (χ4n) is 4.48. The quantitative estimate of drug-likeness (QED) is 0.730. The molecule has 2 fully saturated rings. The van der Waals surface area contributed by atoms with Crippen molar-refractivity contribution in [2.45, 2.75) is 31.2 Å². The topological polar surface area (TPSA) is 89.3 Å². The molecule has 0 saturated carbocycles. The number of fused-ring (bicyclic) bond motifs is 1. The second-order valence-electron chi connectivity index (χ2n) is 9.04. The van der Waals surface area contributed by atoms with E-state index in [1.54, 1.807) is 12.1 Å². The lowest BCUT2D eigenvalue weighted by atomic mass is 9.95. The minimum Gasteiger partial charge on any atom is -0.343 e. The number of pyridine rings is 1. The number of likely N-dealkylation sites (tertiary alicyclic amines) is 2. The van der Waals surface area contributed by atoms with E-state index in [4.69, 9.17) is 5.26 Å². The molecule has 1 unspecified atom stereocenters. The highest BCUT2D eigenvalue weighted by Crippen LogP contribution is 2.31. The normalized spacial score (nSPS) is 21.1. The molecule has 9 heteroatoms. The van der Waals surface area contributed by atoms with Crippen molar-refractivity contribution in [1.82, 2.24) is 20.1 Å². The highest BCUT2D eigenvalue weighted by molar-refractivity contribution is 6.07. The first kappa shape index (κ1) is 23.8. The monoisotopic (exact) mass is 467 g/mol. The number of nitriles is 1. The van der Waals surface area contributed by atoms with Gasteiger partial charge in [0.05, 0.1) is 30.2 Å². The Hall–Kier alpha value is -3.38. The lowest BCUT2D eigenvalue weighted by molar-refractivity contribution is -0.131. The molecule has 1 aromatic carbocycles. The number of halogens is 2. The van der Waals surface area contributed by atoms with E-state index in [1.807, 2.05) is 18.2 Å². The summed E-state index contributed by atoms with van der Waals surface area (Å²) in [7, 11) is 2.12. The number of hydrogen-bond donors (Lipinski definition) is 1. The number of amides is 2. The van der Waals surface area contributed by atoms with Gasteiger partial charge < -0.3 is 15.1 Å². The summed E-state index contributed by atoms with van der Waals surface area (Å²) in [5.41, 5.74) is 1.93. The average molecular weight is 468 g/mol. The molecule has 0 aliphatic carbocycles. The van der Waals surface area contributed by atoms with E-state index in [0.29, 0.717) is 22.4 Å². The first-order chi connectivity index (χ1) is 16.3. The number of hydrogen-bond acceptors (Lipinski definition) is 5. The molecule has 0 bridgehead atoms. The zero-order chi connectivity index (χ0) is 24.3. The average Bonchev–Trinajstić information content (AvgIpc) is 3.16. The molecule has 0 radical (unpaired) electrons. The number of carbonyl (C=O) groups excluding carboxylic acids is 2. The van der Waals surface area contributed by atoms with Gasteiger partial charge in [-0.3, -0.25) is 14.6 Å². The van der Waals surface area contributed by atoms with E-state index in [0.717, 1.165) is 36.4 Å². The minimum absolute atomic E-state index is 0.343. The van der Waals surface area contributed by atoms with E-state index >= 15 is 0 Å². The van der Waals surface area contributed by atoms with Crippen LogP contribution in [0.25, 0.3) is 17.0 Å². The highest BCUT2D eigenvalue weighted by atomic mass is 19.3. The van der Waals surface area contributed by atoms with Crippen molar-refractivity contribution in [3.8, 4) is 6.07 Å². The van der Waals surface area contributed by atoms with Crippen LogP contribution in [0.3, 0.4) is 0 Å². The Balaban J connectivity index is 1.45. The number of alkyl halides is 2. The van der Waals surface area contributed by atoms with Crippen molar-refractivity contribution in [3.63, 3.8) is 0 Å². The molecule has 2 aliphatic rings. The molecule has 2 aliphatic heterocycles. The van der Waals surface area contributed by atoms with Crippen LogP contribution in [-0.4, -0.2) is 71.8 Å². The summed E-state index contributed by atoms with van der Waals surface area (Å²) in [6, 6.07) is 7.78. The van der Waals surface area contributed by atoms with Gasteiger partial charge in [-0.25, -0.2) is 8.78 Å². The molecule has 34 heavy (non-hydrogen) atoms. The number of benzene rings is 1. The van der Waals surface area contributed by atoms with Crippen LogP contribution in [-0.2, 0) is 4.79 Å². The molecule has 178 valence electrons. The summed E-state index contributed by atoms with van der Waals surface area (Å²) in [5, 5.41) is 12.2. The smallest absolute Gasteiger partial charge is 0.268 e. The summed E-state index contributed by atoms with van der Waals surface area (Å²) in [5.74, 6) is -3.79. The molecule has 2 saturated heterocycles. The number of nitrogens with one attached hydrogen (secondary N) is 1. The van der Waals surface area contributed by atoms with Crippen molar-refractivity contribution in [2.75, 3.05) is 33.2 Å². The van der Waals surface area contributed by atoms with Gasteiger partial charge in [0.15, 0.2) is 0 Å². The predicted molar refractivity (Wildman–Crippen MR) is 124 cm³/mol. The molecule has 2 amide bonds. The van der Waals surface area contributed by atoms with Crippen LogP contribution in [0.5, 0.6) is 0 Å². The predicted octanol–water partition coefficient (Wildman–Crippen LogP) is 3.08. The molecular formula is C25H27F2N5O2. The van der Waals surface area contributed by atoms with Gasteiger partial charge in [-0.15, -0.1) is 0 Å². The Kier molecular flexibility index (Phi) is 6.89. The van der Waals surface area contributed by atoms with E-state index in [-0.39, 0.29) is 0 Å². The zero-order valence-corrected chi connectivity index (χ0v) is 19.0. The molecule has 7 nitrogen and oxygen atoms in total. The standard InChI is InChI=1S/C25H27F2N5O2/c1-31-10-7-17(8-11-31)2-3-18-4-5-22-21(12-18)20(6-9-29-22)24(34)30-15-23(33)32-16-25(26,27)13-19(32)14-28/h2-6,9,12,17,19H,7-8,10-11,13,15-16H2,1H3,(H,30,34)/b3-2+. The third-order valence-corrected chi connectivity index (χ3v) is 6.47. The lowest BCUT2D eigenvalue weighted by Crippen LogP contribution is -2.43. The van der Waals surface area contributed by atoms with E-state index in [1.165, 1.54) is 6.20 Å². The second kappa shape index (κ2) is 9.85. The molecule has 0 spiro atoms. The van der Waals surface area contributed by atoms with E-state index in [2.05, 4.69) is 34.4 Å². The van der Waals surface area contributed by atoms with Gasteiger partial charge in [0.2, 0.25) is 5.91 Å². The zero-order valence-electron chi connectivity index (χ0n) is 19.0. The molecular weight excluding hydrogens is 440 g/mol. The Bertz CT molecular complexity index is 1150. The van der Waals surface area contributed by atoms with Gasteiger partial charge in [0.25, 0.3) is 11.8 Å². The Morgan fingerprint density at radius 1 is 1.29 bits per heavy atom. The van der Waals surface area contributed by atoms with Gasteiger partial charge in [-0.1, -0.05) is 18.2 Å². The van der Waals surface area contributed by atoms with Crippen molar-refractivity contribution >= 4 is 28.8 Å². The number of carbonyl (C=O) groups is 2. The van der Waals surface area contributed by atoms with Crippen LogP contribution in [0.1, 0.15) is 35.2 Å². The number of allylic oxidation sites excluding steroid dienone is 1. The van der Waals surface area contributed by atoms with Crippen molar-refractivity contribution in [1.29, 1.82) is 5.26 Å². The van der Waals surface area contributed by atoms with Crippen LogP contribution in [0.4, 0.5) is 8.78 Å². The van der Waals surface area contributed by atoms with Gasteiger partial charge in [-0.05, 0) is 62.7 Å². The fourth-order valence-corrected chi connectivity index (χ4v) is 4.48. The van der Waals surface area contributed by atoms with E-state index < -0.39 is 43.3 Å². The minimum atomic E-state index is -3.10. The third kappa shape index (κ3) is 5.39. The first-order valence-electron chi connectivity index (χ1n) is 11.4. The second-order valence-corrected chi connectivity index (χ2v) is 9.04. The van der Waals surface area contributed by atoms with Crippen LogP contribution in [0.15, 0.2) is 36.5 Å². The van der Waals surface area contributed by atoms with Crippen LogP contribution in [0.2, 0.25) is 0 Å². The maximum atomic E-state index is 13.6. The summed E-state index contributed by atoms with van der Waals surface area (Å²) < 4.78 is 27.2. The van der Waals surface area contributed by atoms with Gasteiger partial charge in [0, 0.05) is 18.0 Å². The number of aromatic nitrogens is 1. The van der Waals surface area contributed by atoms with Crippen molar-refractivity contribution in [2.24, 2.45) is 5.92 Å². The molecule has 1 N–H and O–H groups in total. The fraction of sp³-hybridized carbons (Fsp3) is 0.440. The maximum absolute atomic E-state index is 13.6. The molecule has 2 aromatic rings. The van der Waals surface area contributed by atoms with Crippen molar-refractivity contribution in [3.05, 3.63) is 47.7 Å². The van der Waals surface area contributed by atoms with Gasteiger partial charge in [-0.2, -0.15) is 5.26 Å². The Labute approximate surface area is 197 Å². The third-order valence-electron chi connectivity index (χ3n) is 6.47. The Morgan fingerprint density at radius 2 is 2.06 bits per heavy atom. The largest absolute Gasteiger partial charge is 0.343 e. The summed E-state index contributed by atoms with van der Waals surface area (Å²) in [4.78, 5) is 32.7. The highest BCUT2D eigenvalue weighted by Gasteiger charge is 2.47. The first-order valence-corrected chi connectivity index (χ1v) is 11.4. The molecule has 1 aromatic heterocycles. The summed E-state index contributed by atoms with van der Waals surface area (Å²) in [6.45, 7) is 0.867. The van der Waals surface area contributed by atoms with Gasteiger partial charge >= 0.3 is 0 Å². The number of piperidine rings is 1. The summed E-state index contributed by atoms with van der Waals surface area (Å²) >= 11 is 0. The van der Waals surface area contributed by atoms with E-state index in [9.17, 15) is 18.4 Å². The lowest BCUT2D eigenvalue weighted by Gasteiger charge is -2.26. The van der Waals surface area contributed by atoms with Crippen LogP contribution < -0.4 is 5.32 Å². The summed E-state index contributed by atoms with van der Waals surface area (Å²) in [6.07, 6.45) is 7.31. The maximum Gasteiger partial charge on any atom is 0.268 e. The molecule has 1 atom stereocenters. The SMILES string of the molecule is CN1CCC(/C=C/c2ccc3nccc(C(=O)NCC(=O)N4CC(F)(F)CC4C#N)c3c2)CC1. The number of rotatable bonds is 5. The Morgan fingerprint density at radius 3 is 2.79 bits per heavy atom. The molecule has 4 rings (SSSR count). The van der Waals surface area contributed by atoms with Gasteiger partial charge in [0.1, 0.15) is 6.04 Å². The van der Waals surface area contributed by atoms with Crippen LogP contribution in [0, 0.1) is 17.2 Å². The van der Waals surface area contributed by atoms with Crippen molar-refractivity contribution < 1.29 is 18.4 Å².